The van der Waals surface area contributed by atoms with Gasteiger partial charge in [-0.3, -0.25) is 4.98 Å². The van der Waals surface area contributed by atoms with E-state index in [2.05, 4.69) is 23.8 Å². The van der Waals surface area contributed by atoms with E-state index >= 15 is 0 Å². The highest BCUT2D eigenvalue weighted by Crippen LogP contribution is 2.39. The molecule has 0 fully saturated rings. The van der Waals surface area contributed by atoms with E-state index in [0.29, 0.717) is 17.3 Å². The number of nitrogens with zero attached hydrogens (tertiary/aromatic N) is 1. The van der Waals surface area contributed by atoms with Crippen molar-refractivity contribution in [1.82, 2.24) is 9.97 Å². The summed E-state index contributed by atoms with van der Waals surface area (Å²) in [6, 6.07) is 0. The minimum Gasteiger partial charge on any atom is -0.385 e. The van der Waals surface area contributed by atoms with Crippen LogP contribution in [0.15, 0.2) is 4.79 Å². The Morgan fingerprint density at radius 3 is 3.06 bits per heavy atom. The molecule has 1 aliphatic heterocycles. The standard InChI is InChI=1S/C11H13N3O2S/c1-11(2)3-5-6(4-16-11)17-9-7(5)8(12)13-10(15)14-9/h3-4H2,1-2H3,(H3,12,13,14,15). The van der Waals surface area contributed by atoms with Crippen molar-refractivity contribution >= 4 is 27.4 Å². The molecular weight excluding hydrogens is 238 g/mol. The van der Waals surface area contributed by atoms with Crippen LogP contribution in [0.2, 0.25) is 0 Å². The van der Waals surface area contributed by atoms with Crippen LogP contribution in [0.1, 0.15) is 24.3 Å². The molecule has 0 radical (unpaired) electrons. The van der Waals surface area contributed by atoms with E-state index in [0.717, 1.165) is 16.7 Å². The van der Waals surface area contributed by atoms with Crippen molar-refractivity contribution in [3.63, 3.8) is 0 Å². The zero-order valence-corrected chi connectivity index (χ0v) is 10.5. The zero-order valence-electron chi connectivity index (χ0n) is 9.66. The van der Waals surface area contributed by atoms with Gasteiger partial charge in [-0.2, -0.15) is 4.98 Å². The summed E-state index contributed by atoms with van der Waals surface area (Å²) in [6.07, 6.45) is 0.792. The minimum atomic E-state index is -0.395. The van der Waals surface area contributed by atoms with Crippen molar-refractivity contribution in [3.8, 4) is 0 Å². The Kier molecular flexibility index (Phi) is 2.08. The number of aromatic amines is 1. The Balaban J connectivity index is 2.32. The van der Waals surface area contributed by atoms with Gasteiger partial charge in [0.2, 0.25) is 0 Å². The predicted octanol–water partition coefficient (Wildman–Crippen LogP) is 1.42. The first-order chi connectivity index (χ1) is 7.96. The van der Waals surface area contributed by atoms with E-state index in [1.807, 2.05) is 0 Å². The van der Waals surface area contributed by atoms with E-state index in [9.17, 15) is 4.79 Å². The van der Waals surface area contributed by atoms with Crippen molar-refractivity contribution in [1.29, 1.82) is 0 Å². The van der Waals surface area contributed by atoms with Crippen LogP contribution < -0.4 is 11.4 Å². The molecule has 6 heteroatoms. The molecule has 17 heavy (non-hydrogen) atoms. The molecule has 0 saturated heterocycles. The highest BCUT2D eigenvalue weighted by atomic mass is 32.1. The first kappa shape index (κ1) is 10.7. The summed E-state index contributed by atoms with van der Waals surface area (Å²) in [7, 11) is 0. The van der Waals surface area contributed by atoms with Gasteiger partial charge in [-0.1, -0.05) is 0 Å². The number of rotatable bonds is 0. The van der Waals surface area contributed by atoms with Gasteiger partial charge in [0.05, 0.1) is 17.6 Å². The molecule has 0 atom stereocenters. The summed E-state index contributed by atoms with van der Waals surface area (Å²) in [4.78, 5) is 19.6. The third-order valence-electron chi connectivity index (χ3n) is 2.98. The zero-order chi connectivity index (χ0) is 12.2. The number of nitrogens with two attached hydrogens (primary N) is 1. The van der Waals surface area contributed by atoms with Crippen LogP contribution in [0, 0.1) is 0 Å². The Labute approximate surface area is 102 Å². The second kappa shape index (κ2) is 3.30. The molecule has 0 spiro atoms. The van der Waals surface area contributed by atoms with Crippen LogP contribution in [-0.2, 0) is 17.8 Å². The molecule has 90 valence electrons. The van der Waals surface area contributed by atoms with Gasteiger partial charge in [0.15, 0.2) is 0 Å². The fraction of sp³-hybridized carbons (Fsp3) is 0.455. The molecule has 3 rings (SSSR count). The molecule has 5 nitrogen and oxygen atoms in total. The summed E-state index contributed by atoms with van der Waals surface area (Å²) in [6.45, 7) is 4.67. The average Bonchev–Trinajstić information content (AvgIpc) is 2.53. The van der Waals surface area contributed by atoms with Crippen LogP contribution in [0.5, 0.6) is 0 Å². The Hall–Kier alpha value is -1.40. The van der Waals surface area contributed by atoms with Gasteiger partial charge in [-0.05, 0) is 19.4 Å². The molecule has 0 aromatic carbocycles. The SMILES string of the molecule is CC1(C)Cc2c(sc3nc(=O)[nH]c(N)c23)CO1. The highest BCUT2D eigenvalue weighted by Gasteiger charge is 2.30. The maximum absolute atomic E-state index is 11.3. The highest BCUT2D eigenvalue weighted by molar-refractivity contribution is 7.18. The molecule has 2 aromatic rings. The molecule has 0 bridgehead atoms. The monoisotopic (exact) mass is 251 g/mol. The van der Waals surface area contributed by atoms with Gasteiger partial charge in [0, 0.05) is 11.3 Å². The Morgan fingerprint density at radius 1 is 1.53 bits per heavy atom. The topological polar surface area (TPSA) is 81.0 Å². The van der Waals surface area contributed by atoms with Crippen LogP contribution in [0.3, 0.4) is 0 Å². The molecule has 0 unspecified atom stereocenters. The molecule has 3 N–H and O–H groups in total. The summed E-state index contributed by atoms with van der Waals surface area (Å²) in [5.74, 6) is 0.412. The summed E-state index contributed by atoms with van der Waals surface area (Å²) >= 11 is 1.49. The molecule has 3 heterocycles. The van der Waals surface area contributed by atoms with Gasteiger partial charge in [-0.15, -0.1) is 11.3 Å². The van der Waals surface area contributed by atoms with Gasteiger partial charge in [-0.25, -0.2) is 4.79 Å². The van der Waals surface area contributed by atoms with Crippen molar-refractivity contribution in [3.05, 3.63) is 20.9 Å². The van der Waals surface area contributed by atoms with E-state index < -0.39 is 5.69 Å². The van der Waals surface area contributed by atoms with E-state index in [4.69, 9.17) is 10.5 Å². The molecule has 2 aromatic heterocycles. The number of thiophene rings is 1. The van der Waals surface area contributed by atoms with Crippen molar-refractivity contribution < 1.29 is 4.74 Å². The summed E-state index contributed by atoms with van der Waals surface area (Å²) in [5, 5.41) is 0.890. The van der Waals surface area contributed by atoms with Gasteiger partial charge in [0.1, 0.15) is 10.6 Å². The quantitative estimate of drug-likeness (QED) is 0.742. The second-order valence-corrected chi connectivity index (χ2v) is 5.95. The Bertz CT molecular complexity index is 657. The van der Waals surface area contributed by atoms with Crippen molar-refractivity contribution in [2.24, 2.45) is 0 Å². The number of hydrogen-bond donors (Lipinski definition) is 2. The fourth-order valence-corrected chi connectivity index (χ4v) is 3.31. The molecule has 1 aliphatic rings. The fourth-order valence-electron chi connectivity index (χ4n) is 2.19. The van der Waals surface area contributed by atoms with Crippen molar-refractivity contribution in [2.45, 2.75) is 32.5 Å². The number of aromatic nitrogens is 2. The molecule has 0 saturated carbocycles. The smallest absolute Gasteiger partial charge is 0.347 e. The lowest BCUT2D eigenvalue weighted by molar-refractivity contribution is -0.0379. The number of anilines is 1. The third-order valence-corrected chi connectivity index (χ3v) is 4.08. The third kappa shape index (κ3) is 1.64. The van der Waals surface area contributed by atoms with Crippen LogP contribution in [0.4, 0.5) is 5.82 Å². The molecule has 0 aliphatic carbocycles. The number of fused-ring (bicyclic) bond motifs is 3. The van der Waals surface area contributed by atoms with Crippen LogP contribution in [-0.4, -0.2) is 15.6 Å². The average molecular weight is 251 g/mol. The van der Waals surface area contributed by atoms with Gasteiger partial charge >= 0.3 is 5.69 Å². The lowest BCUT2D eigenvalue weighted by atomic mass is 9.94. The number of H-pyrrole nitrogens is 1. The summed E-state index contributed by atoms with van der Waals surface area (Å²) in [5.41, 5.74) is 6.47. The van der Waals surface area contributed by atoms with E-state index in [-0.39, 0.29) is 5.60 Å². The van der Waals surface area contributed by atoms with Crippen LogP contribution in [0.25, 0.3) is 10.2 Å². The number of ether oxygens (including phenoxy) is 1. The summed E-state index contributed by atoms with van der Waals surface area (Å²) < 4.78 is 5.74. The first-order valence-electron chi connectivity index (χ1n) is 5.40. The normalized spacial score (nSPS) is 18.2. The molecular formula is C11H13N3O2S. The maximum atomic E-state index is 11.3. The molecule has 0 amide bonds. The van der Waals surface area contributed by atoms with Gasteiger partial charge < -0.3 is 10.5 Å². The first-order valence-corrected chi connectivity index (χ1v) is 6.22. The minimum absolute atomic E-state index is 0.191. The number of nitrogen functional groups attached to an aromatic ring is 1. The maximum Gasteiger partial charge on any atom is 0.347 e. The second-order valence-electron chi connectivity index (χ2n) is 4.86. The lowest BCUT2D eigenvalue weighted by Crippen LogP contribution is -2.31. The number of hydrogen-bond acceptors (Lipinski definition) is 5. The van der Waals surface area contributed by atoms with E-state index in [1.54, 1.807) is 0 Å². The lowest BCUT2D eigenvalue weighted by Gasteiger charge is -2.30. The Morgan fingerprint density at radius 2 is 2.29 bits per heavy atom. The predicted molar refractivity (Wildman–Crippen MR) is 67.2 cm³/mol. The van der Waals surface area contributed by atoms with Crippen molar-refractivity contribution in [2.75, 3.05) is 5.73 Å². The van der Waals surface area contributed by atoms with Crippen LogP contribution >= 0.6 is 11.3 Å². The number of nitrogens with one attached hydrogen (secondary N) is 1. The van der Waals surface area contributed by atoms with Gasteiger partial charge in [0.25, 0.3) is 0 Å². The van der Waals surface area contributed by atoms with E-state index in [1.165, 1.54) is 16.9 Å². The largest absolute Gasteiger partial charge is 0.385 e.